The standard InChI is InChI=1S/C10H15NO2/c1-2-3-4-7-11(8-10(12)13)9-5-6-9/h9H,4-8H2,1H3,(H,12,13). The Labute approximate surface area is 78.7 Å². The Bertz CT molecular complexity index is 235. The van der Waals surface area contributed by atoms with E-state index in [0.717, 1.165) is 25.8 Å². The van der Waals surface area contributed by atoms with Crippen LogP contribution in [0.2, 0.25) is 0 Å². The van der Waals surface area contributed by atoms with Gasteiger partial charge in [0, 0.05) is 19.0 Å². The van der Waals surface area contributed by atoms with Gasteiger partial charge >= 0.3 is 5.97 Å². The van der Waals surface area contributed by atoms with E-state index in [1.165, 1.54) is 0 Å². The van der Waals surface area contributed by atoms with Gasteiger partial charge in [0.25, 0.3) is 0 Å². The van der Waals surface area contributed by atoms with Crippen LogP contribution in [0.15, 0.2) is 0 Å². The van der Waals surface area contributed by atoms with Gasteiger partial charge in [0.05, 0.1) is 6.54 Å². The topological polar surface area (TPSA) is 40.5 Å². The summed E-state index contributed by atoms with van der Waals surface area (Å²) in [7, 11) is 0. The molecule has 0 aliphatic heterocycles. The van der Waals surface area contributed by atoms with Crippen LogP contribution >= 0.6 is 0 Å². The summed E-state index contributed by atoms with van der Waals surface area (Å²) in [6.45, 7) is 2.76. The molecule has 1 aliphatic rings. The summed E-state index contributed by atoms with van der Waals surface area (Å²) in [4.78, 5) is 12.5. The summed E-state index contributed by atoms with van der Waals surface area (Å²) in [5, 5.41) is 8.64. The van der Waals surface area contributed by atoms with Crippen molar-refractivity contribution < 1.29 is 9.90 Å². The van der Waals surface area contributed by atoms with Gasteiger partial charge in [0.1, 0.15) is 0 Å². The highest BCUT2D eigenvalue weighted by Crippen LogP contribution is 2.26. The van der Waals surface area contributed by atoms with Crippen LogP contribution in [0, 0.1) is 11.8 Å². The average Bonchev–Trinajstić information content (AvgIpc) is 2.84. The van der Waals surface area contributed by atoms with Gasteiger partial charge in [-0.3, -0.25) is 9.69 Å². The largest absolute Gasteiger partial charge is 0.480 e. The molecule has 1 saturated carbocycles. The zero-order chi connectivity index (χ0) is 9.68. The van der Waals surface area contributed by atoms with Gasteiger partial charge in [-0.2, -0.15) is 0 Å². The number of aliphatic carboxylic acids is 1. The third-order valence-electron chi connectivity index (χ3n) is 2.10. The normalized spacial score (nSPS) is 15.2. The number of hydrogen-bond acceptors (Lipinski definition) is 2. The Morgan fingerprint density at radius 1 is 1.62 bits per heavy atom. The number of carboxylic acids is 1. The molecule has 0 unspecified atom stereocenters. The lowest BCUT2D eigenvalue weighted by molar-refractivity contribution is -0.138. The summed E-state index contributed by atoms with van der Waals surface area (Å²) in [5.74, 6) is 5.02. The number of carbonyl (C=O) groups is 1. The molecule has 0 saturated heterocycles. The molecule has 0 heterocycles. The molecule has 0 aromatic heterocycles. The van der Waals surface area contributed by atoms with E-state index in [0.29, 0.717) is 6.04 Å². The van der Waals surface area contributed by atoms with Crippen LogP contribution in [-0.2, 0) is 4.79 Å². The Kier molecular flexibility index (Phi) is 3.78. The second-order valence-corrected chi connectivity index (χ2v) is 3.27. The maximum atomic E-state index is 10.5. The lowest BCUT2D eigenvalue weighted by atomic mass is 10.3. The first-order chi connectivity index (χ1) is 6.24. The molecule has 0 bridgehead atoms. The monoisotopic (exact) mass is 181 g/mol. The van der Waals surface area contributed by atoms with E-state index in [-0.39, 0.29) is 6.54 Å². The summed E-state index contributed by atoms with van der Waals surface area (Å²) >= 11 is 0. The predicted octanol–water partition coefficient (Wildman–Crippen LogP) is 0.949. The first-order valence-corrected chi connectivity index (χ1v) is 4.59. The highest BCUT2D eigenvalue weighted by molar-refractivity contribution is 5.69. The van der Waals surface area contributed by atoms with E-state index in [2.05, 4.69) is 11.8 Å². The van der Waals surface area contributed by atoms with Gasteiger partial charge in [0.15, 0.2) is 0 Å². The zero-order valence-electron chi connectivity index (χ0n) is 7.92. The first-order valence-electron chi connectivity index (χ1n) is 4.59. The van der Waals surface area contributed by atoms with Crippen molar-refractivity contribution in [3.63, 3.8) is 0 Å². The molecule has 1 fully saturated rings. The maximum Gasteiger partial charge on any atom is 0.317 e. The molecule has 1 N–H and O–H groups in total. The van der Waals surface area contributed by atoms with Gasteiger partial charge in [-0.05, 0) is 19.8 Å². The van der Waals surface area contributed by atoms with Crippen molar-refractivity contribution in [2.45, 2.75) is 32.2 Å². The fraction of sp³-hybridized carbons (Fsp3) is 0.700. The zero-order valence-corrected chi connectivity index (χ0v) is 7.92. The summed E-state index contributed by atoms with van der Waals surface area (Å²) in [6, 6.07) is 0.509. The van der Waals surface area contributed by atoms with E-state index in [1.54, 1.807) is 6.92 Å². The molecule has 13 heavy (non-hydrogen) atoms. The Hall–Kier alpha value is -1.01. The predicted molar refractivity (Wildman–Crippen MR) is 50.3 cm³/mol. The first kappa shape index (κ1) is 10.1. The molecular weight excluding hydrogens is 166 g/mol. The molecule has 0 aromatic rings. The second kappa shape index (κ2) is 4.88. The van der Waals surface area contributed by atoms with E-state index < -0.39 is 5.97 Å². The number of carboxylic acid groups (broad SMARTS) is 1. The molecule has 0 spiro atoms. The minimum Gasteiger partial charge on any atom is -0.480 e. The SMILES string of the molecule is CC#CCCN(CC(=O)O)C1CC1. The van der Waals surface area contributed by atoms with Crippen LogP contribution in [0.5, 0.6) is 0 Å². The molecule has 1 rings (SSSR count). The van der Waals surface area contributed by atoms with Crippen molar-refractivity contribution in [2.24, 2.45) is 0 Å². The lowest BCUT2D eigenvalue weighted by Crippen LogP contribution is -2.32. The highest BCUT2D eigenvalue weighted by atomic mass is 16.4. The molecular formula is C10H15NO2. The lowest BCUT2D eigenvalue weighted by Gasteiger charge is -2.17. The van der Waals surface area contributed by atoms with Crippen LogP contribution in [0.4, 0.5) is 0 Å². The Balaban J connectivity index is 2.27. The van der Waals surface area contributed by atoms with E-state index in [4.69, 9.17) is 5.11 Å². The van der Waals surface area contributed by atoms with Crippen LogP contribution < -0.4 is 0 Å². The van der Waals surface area contributed by atoms with Gasteiger partial charge in [-0.15, -0.1) is 11.8 Å². The van der Waals surface area contributed by atoms with E-state index in [9.17, 15) is 4.79 Å². The van der Waals surface area contributed by atoms with Gasteiger partial charge in [0.2, 0.25) is 0 Å². The summed E-state index contributed by atoms with van der Waals surface area (Å²) in [6.07, 6.45) is 3.07. The van der Waals surface area contributed by atoms with Crippen molar-refractivity contribution in [2.75, 3.05) is 13.1 Å². The van der Waals surface area contributed by atoms with Crippen molar-refractivity contribution in [3.8, 4) is 11.8 Å². The molecule has 0 radical (unpaired) electrons. The number of rotatable bonds is 5. The van der Waals surface area contributed by atoms with Crippen LogP contribution in [0.1, 0.15) is 26.2 Å². The van der Waals surface area contributed by atoms with Crippen molar-refractivity contribution in [1.82, 2.24) is 4.90 Å². The number of hydrogen-bond donors (Lipinski definition) is 1. The van der Waals surface area contributed by atoms with E-state index >= 15 is 0 Å². The third-order valence-corrected chi connectivity index (χ3v) is 2.10. The molecule has 3 nitrogen and oxygen atoms in total. The maximum absolute atomic E-state index is 10.5. The summed E-state index contributed by atoms with van der Waals surface area (Å²) < 4.78 is 0. The van der Waals surface area contributed by atoms with Crippen LogP contribution in [0.3, 0.4) is 0 Å². The minimum absolute atomic E-state index is 0.163. The molecule has 72 valence electrons. The van der Waals surface area contributed by atoms with Crippen molar-refractivity contribution in [1.29, 1.82) is 0 Å². The molecule has 0 aromatic carbocycles. The Morgan fingerprint density at radius 3 is 2.77 bits per heavy atom. The summed E-state index contributed by atoms with van der Waals surface area (Å²) in [5.41, 5.74) is 0. The van der Waals surface area contributed by atoms with Gasteiger partial charge in [-0.1, -0.05) is 0 Å². The Morgan fingerprint density at radius 2 is 2.31 bits per heavy atom. The second-order valence-electron chi connectivity index (χ2n) is 3.27. The smallest absolute Gasteiger partial charge is 0.317 e. The average molecular weight is 181 g/mol. The van der Waals surface area contributed by atoms with Crippen molar-refractivity contribution >= 4 is 5.97 Å². The van der Waals surface area contributed by atoms with Crippen LogP contribution in [-0.4, -0.2) is 35.1 Å². The fourth-order valence-corrected chi connectivity index (χ4v) is 1.33. The van der Waals surface area contributed by atoms with Gasteiger partial charge in [-0.25, -0.2) is 0 Å². The molecule has 1 aliphatic carbocycles. The fourth-order valence-electron chi connectivity index (χ4n) is 1.33. The molecule has 0 amide bonds. The quantitative estimate of drug-likeness (QED) is 0.642. The third kappa shape index (κ3) is 3.95. The molecule has 3 heteroatoms. The molecule has 0 atom stereocenters. The number of nitrogens with zero attached hydrogens (tertiary/aromatic N) is 1. The van der Waals surface area contributed by atoms with E-state index in [1.807, 2.05) is 4.90 Å². The van der Waals surface area contributed by atoms with Gasteiger partial charge < -0.3 is 5.11 Å². The van der Waals surface area contributed by atoms with Crippen molar-refractivity contribution in [3.05, 3.63) is 0 Å². The van der Waals surface area contributed by atoms with Crippen LogP contribution in [0.25, 0.3) is 0 Å². The highest BCUT2D eigenvalue weighted by Gasteiger charge is 2.29. The minimum atomic E-state index is -0.739.